The Kier molecular flexibility index (Phi) is 7.36. The molecule has 0 saturated heterocycles. The van der Waals surface area contributed by atoms with Crippen LogP contribution in [0, 0.1) is 5.92 Å². The summed E-state index contributed by atoms with van der Waals surface area (Å²) in [4.78, 5) is 5.46. The number of para-hydroxylation sites is 4. The summed E-state index contributed by atoms with van der Waals surface area (Å²) in [5.41, 5.74) is 13.8. The first-order valence-corrected chi connectivity index (χ1v) is 20.2. The molecule has 0 spiro atoms. The van der Waals surface area contributed by atoms with Gasteiger partial charge in [-0.1, -0.05) is 146 Å². The number of fused-ring (bicyclic) bond motifs is 9. The third kappa shape index (κ3) is 5.04. The summed E-state index contributed by atoms with van der Waals surface area (Å²) in [6, 6.07) is 65.1. The predicted molar refractivity (Wildman–Crippen MR) is 239 cm³/mol. The molecule has 8 aromatic carbocycles. The lowest BCUT2D eigenvalue weighted by molar-refractivity contribution is 0.375. The molecule has 0 aliphatic carbocycles. The molecule has 3 aromatic heterocycles. The van der Waals surface area contributed by atoms with E-state index in [1.807, 2.05) is 0 Å². The van der Waals surface area contributed by atoms with Crippen molar-refractivity contribution < 1.29 is 8.83 Å². The van der Waals surface area contributed by atoms with Gasteiger partial charge in [-0.05, 0) is 83.0 Å². The van der Waals surface area contributed by atoms with Crippen molar-refractivity contribution in [3.05, 3.63) is 199 Å². The molecular formula is C54H38N2O2. The van der Waals surface area contributed by atoms with Crippen molar-refractivity contribution in [2.75, 3.05) is 0 Å². The highest BCUT2D eigenvalue weighted by Crippen LogP contribution is 2.45. The van der Waals surface area contributed by atoms with Crippen LogP contribution < -0.4 is 0 Å². The lowest BCUT2D eigenvalue weighted by Gasteiger charge is -2.35. The topological polar surface area (TPSA) is 43.6 Å². The summed E-state index contributed by atoms with van der Waals surface area (Å²) in [6.07, 6.45) is 0.879. The summed E-state index contributed by atoms with van der Waals surface area (Å²) in [5.74, 6) is 0.713. The van der Waals surface area contributed by atoms with Crippen molar-refractivity contribution in [1.29, 1.82) is 0 Å². The maximum atomic E-state index is 6.97. The Morgan fingerprint density at radius 2 is 1.05 bits per heavy atom. The average molecular weight is 747 g/mol. The average Bonchev–Trinajstić information content (AvgIpc) is 3.96. The fraction of sp³-hybridized carbons (Fsp3) is 0.0926. The molecule has 11 aromatic rings. The molecular weight excluding hydrogens is 709 g/mol. The first-order chi connectivity index (χ1) is 28.7. The standard InChI is InChI=1S/C54H38N2O2/c1-33-45(34-14-4-2-5-15-34)32-46(55-52(33)35-16-6-3-7-17-35)37-27-29-42-41-28-26-36(30-50(41)57-51(42)31-37)38-20-12-21-43-44-22-13-25-49(54(44)58-53(38)43)56-47-23-10-8-18-39(47)40-19-9-11-24-48(40)56/h2-31,33,45,52H,32H2,1H3/t33?,45-,52?/m1/s1. The van der Waals surface area contributed by atoms with E-state index in [4.69, 9.17) is 13.8 Å². The second kappa shape index (κ2) is 12.9. The van der Waals surface area contributed by atoms with Gasteiger partial charge in [0.05, 0.1) is 22.8 Å². The summed E-state index contributed by atoms with van der Waals surface area (Å²) >= 11 is 0. The van der Waals surface area contributed by atoms with Gasteiger partial charge in [0.25, 0.3) is 0 Å². The van der Waals surface area contributed by atoms with E-state index < -0.39 is 0 Å². The minimum Gasteiger partial charge on any atom is -0.456 e. The first kappa shape index (κ1) is 33.0. The van der Waals surface area contributed by atoms with Crippen LogP contribution in [0.15, 0.2) is 196 Å². The van der Waals surface area contributed by atoms with E-state index >= 15 is 0 Å². The van der Waals surface area contributed by atoms with Crippen LogP contribution in [-0.2, 0) is 0 Å². The highest BCUT2D eigenvalue weighted by atomic mass is 16.3. The zero-order chi connectivity index (χ0) is 38.3. The van der Waals surface area contributed by atoms with Crippen LogP contribution in [0.3, 0.4) is 0 Å². The second-order valence-corrected chi connectivity index (χ2v) is 15.8. The van der Waals surface area contributed by atoms with E-state index in [0.717, 1.165) is 89.4 Å². The number of aromatic nitrogens is 1. The molecule has 4 heteroatoms. The number of aliphatic imine (C=N–C) groups is 1. The van der Waals surface area contributed by atoms with Crippen molar-refractivity contribution in [2.24, 2.45) is 10.9 Å². The van der Waals surface area contributed by atoms with Crippen molar-refractivity contribution in [2.45, 2.75) is 25.3 Å². The molecule has 0 N–H and O–H groups in total. The molecule has 0 fully saturated rings. The summed E-state index contributed by atoms with van der Waals surface area (Å²) in [7, 11) is 0. The van der Waals surface area contributed by atoms with E-state index in [1.165, 1.54) is 21.9 Å². The van der Waals surface area contributed by atoms with Gasteiger partial charge < -0.3 is 13.4 Å². The van der Waals surface area contributed by atoms with Crippen LogP contribution in [0.4, 0.5) is 0 Å². The number of hydrogen-bond acceptors (Lipinski definition) is 3. The molecule has 0 amide bonds. The summed E-state index contributed by atoms with van der Waals surface area (Å²) < 4.78 is 16.0. The van der Waals surface area contributed by atoms with E-state index in [0.29, 0.717) is 11.8 Å². The Balaban J connectivity index is 0.960. The SMILES string of the molecule is CC1C(c2ccccc2)N=C(c2ccc3c(c2)oc2cc(-c4cccc5c4oc4c(-n6c7ccccc7c7ccccc76)cccc45)ccc23)C[C@H]1c1ccccc1. The highest BCUT2D eigenvalue weighted by molar-refractivity contribution is 6.15. The van der Waals surface area contributed by atoms with Gasteiger partial charge in [0.15, 0.2) is 5.58 Å². The largest absolute Gasteiger partial charge is 0.456 e. The molecule has 1 aliphatic heterocycles. The van der Waals surface area contributed by atoms with Gasteiger partial charge in [0, 0.05) is 43.6 Å². The Bertz CT molecular complexity index is 3350. The summed E-state index contributed by atoms with van der Waals surface area (Å²) in [6.45, 7) is 2.35. The monoisotopic (exact) mass is 746 g/mol. The molecule has 276 valence electrons. The van der Waals surface area contributed by atoms with Crippen molar-refractivity contribution in [3.8, 4) is 16.8 Å². The fourth-order valence-corrected chi connectivity index (χ4v) is 9.81. The van der Waals surface area contributed by atoms with E-state index in [1.54, 1.807) is 0 Å². The lowest BCUT2D eigenvalue weighted by Crippen LogP contribution is -2.26. The number of furan rings is 2. The molecule has 4 heterocycles. The Hall–Kier alpha value is -7.17. The zero-order valence-corrected chi connectivity index (χ0v) is 32.0. The van der Waals surface area contributed by atoms with Crippen molar-refractivity contribution in [1.82, 2.24) is 4.57 Å². The van der Waals surface area contributed by atoms with Crippen molar-refractivity contribution in [3.63, 3.8) is 0 Å². The number of nitrogens with zero attached hydrogens (tertiary/aromatic N) is 2. The number of rotatable bonds is 5. The third-order valence-electron chi connectivity index (χ3n) is 12.7. The van der Waals surface area contributed by atoms with Crippen molar-refractivity contribution >= 4 is 71.4 Å². The van der Waals surface area contributed by atoms with Crippen LogP contribution >= 0.6 is 0 Å². The molecule has 1 aliphatic rings. The van der Waals surface area contributed by atoms with Gasteiger partial charge in [-0.15, -0.1) is 0 Å². The molecule has 12 rings (SSSR count). The van der Waals surface area contributed by atoms with Crippen LogP contribution in [0.1, 0.15) is 42.0 Å². The second-order valence-electron chi connectivity index (χ2n) is 15.8. The van der Waals surface area contributed by atoms with E-state index in [-0.39, 0.29) is 6.04 Å². The zero-order valence-electron chi connectivity index (χ0n) is 32.0. The Morgan fingerprint density at radius 1 is 0.483 bits per heavy atom. The van der Waals surface area contributed by atoms with Gasteiger partial charge in [0.2, 0.25) is 0 Å². The molecule has 3 atom stereocenters. The molecule has 4 nitrogen and oxygen atoms in total. The number of benzene rings is 8. The van der Waals surface area contributed by atoms with Gasteiger partial charge in [-0.25, -0.2) is 0 Å². The maximum absolute atomic E-state index is 6.97. The normalized spacial score (nSPS) is 17.3. The molecule has 0 bridgehead atoms. The van der Waals surface area contributed by atoms with Crippen LogP contribution in [0.5, 0.6) is 0 Å². The van der Waals surface area contributed by atoms with Gasteiger partial charge in [-0.3, -0.25) is 4.99 Å². The van der Waals surface area contributed by atoms with Gasteiger partial charge in [0.1, 0.15) is 16.7 Å². The highest BCUT2D eigenvalue weighted by Gasteiger charge is 2.34. The fourth-order valence-electron chi connectivity index (χ4n) is 9.81. The smallest absolute Gasteiger partial charge is 0.159 e. The van der Waals surface area contributed by atoms with Gasteiger partial charge >= 0.3 is 0 Å². The minimum atomic E-state index is 0.0723. The molecule has 0 saturated carbocycles. The third-order valence-corrected chi connectivity index (χ3v) is 12.7. The molecule has 58 heavy (non-hydrogen) atoms. The van der Waals surface area contributed by atoms with E-state index in [9.17, 15) is 0 Å². The van der Waals surface area contributed by atoms with Crippen LogP contribution in [0.25, 0.3) is 82.5 Å². The lowest BCUT2D eigenvalue weighted by atomic mass is 9.74. The number of hydrogen-bond donors (Lipinski definition) is 0. The van der Waals surface area contributed by atoms with Crippen LogP contribution in [0.2, 0.25) is 0 Å². The Morgan fingerprint density at radius 3 is 1.76 bits per heavy atom. The molecule has 2 unspecified atom stereocenters. The first-order valence-electron chi connectivity index (χ1n) is 20.2. The predicted octanol–water partition coefficient (Wildman–Crippen LogP) is 14.6. The van der Waals surface area contributed by atoms with Crippen LogP contribution in [-0.4, -0.2) is 10.3 Å². The minimum absolute atomic E-state index is 0.0723. The quantitative estimate of drug-likeness (QED) is 0.176. The van der Waals surface area contributed by atoms with Gasteiger partial charge in [-0.2, -0.15) is 0 Å². The molecule has 0 radical (unpaired) electrons. The summed E-state index contributed by atoms with van der Waals surface area (Å²) in [5, 5.41) is 6.85. The Labute approximate surface area is 335 Å². The van der Waals surface area contributed by atoms with E-state index in [2.05, 4.69) is 193 Å². The maximum Gasteiger partial charge on any atom is 0.159 e.